The molecule has 3 rings (SSSR count). The maximum Gasteiger partial charge on any atom is 0.343 e. The number of nitrogens with one attached hydrogen (secondary N) is 2. The Balaban J connectivity index is 1.45. The van der Waals surface area contributed by atoms with Crippen LogP contribution in [0.2, 0.25) is 5.02 Å². The molecule has 31 heavy (non-hydrogen) atoms. The Kier molecular flexibility index (Phi) is 7.50. The number of ether oxygens (including phenoxy) is 1. The zero-order chi connectivity index (χ0) is 22.1. The fraction of sp³-hybridized carbons (Fsp3) is 0.0435. The van der Waals surface area contributed by atoms with Crippen LogP contribution in [0.25, 0.3) is 0 Å². The summed E-state index contributed by atoms with van der Waals surface area (Å²) in [6.45, 7) is -0.254. The molecule has 0 bridgehead atoms. The lowest BCUT2D eigenvalue weighted by atomic mass is 10.2. The molecule has 0 aliphatic rings. The molecule has 2 amide bonds. The Morgan fingerprint density at radius 1 is 0.903 bits per heavy atom. The molecule has 0 heterocycles. The highest BCUT2D eigenvalue weighted by molar-refractivity contribution is 6.33. The van der Waals surface area contributed by atoms with E-state index in [9.17, 15) is 14.4 Å². The van der Waals surface area contributed by atoms with Gasteiger partial charge in [0.25, 0.3) is 11.8 Å². The van der Waals surface area contributed by atoms with Crippen molar-refractivity contribution in [1.29, 1.82) is 0 Å². The molecule has 3 aromatic rings. The number of carbonyl (C=O) groups excluding carboxylic acids is 3. The van der Waals surface area contributed by atoms with Crippen LogP contribution < -0.4 is 15.5 Å². The minimum Gasteiger partial charge on any atom is -0.423 e. The number of benzene rings is 3. The molecule has 0 saturated carbocycles. The third kappa shape index (κ3) is 6.52. The number of amides is 2. The van der Waals surface area contributed by atoms with Crippen LogP contribution in [0, 0.1) is 0 Å². The number of nitrogens with zero attached hydrogens (tertiary/aromatic N) is 1. The van der Waals surface area contributed by atoms with Gasteiger partial charge in [0, 0.05) is 0 Å². The van der Waals surface area contributed by atoms with Gasteiger partial charge < -0.3 is 10.1 Å². The van der Waals surface area contributed by atoms with Gasteiger partial charge in [0.15, 0.2) is 0 Å². The third-order valence-electron chi connectivity index (χ3n) is 4.03. The Labute approximate surface area is 183 Å². The summed E-state index contributed by atoms with van der Waals surface area (Å²) in [4.78, 5) is 35.9. The van der Waals surface area contributed by atoms with E-state index in [4.69, 9.17) is 16.3 Å². The van der Waals surface area contributed by atoms with Crippen LogP contribution in [0.1, 0.15) is 26.3 Å². The second kappa shape index (κ2) is 10.7. The molecule has 156 valence electrons. The van der Waals surface area contributed by atoms with E-state index in [0.717, 1.165) is 0 Å². The summed E-state index contributed by atoms with van der Waals surface area (Å²) in [7, 11) is 0. The number of halogens is 1. The van der Waals surface area contributed by atoms with E-state index in [2.05, 4.69) is 15.8 Å². The second-order valence-corrected chi connectivity index (χ2v) is 6.69. The van der Waals surface area contributed by atoms with Gasteiger partial charge in [-0.15, -0.1) is 0 Å². The van der Waals surface area contributed by atoms with Crippen LogP contribution in [0.3, 0.4) is 0 Å². The Bertz CT molecular complexity index is 1100. The monoisotopic (exact) mass is 435 g/mol. The Hall–Kier alpha value is -3.97. The SMILES string of the molecule is O=C(CNC(=O)c1ccccc1Cl)N/N=C\c1ccc(OC(=O)c2ccccc2)cc1. The number of hydrazone groups is 1. The predicted molar refractivity (Wildman–Crippen MR) is 117 cm³/mol. The summed E-state index contributed by atoms with van der Waals surface area (Å²) >= 11 is 5.94. The minimum atomic E-state index is -0.495. The molecule has 0 radical (unpaired) electrons. The van der Waals surface area contributed by atoms with Gasteiger partial charge in [-0.05, 0) is 54.1 Å². The lowest BCUT2D eigenvalue weighted by Crippen LogP contribution is -2.35. The van der Waals surface area contributed by atoms with Crippen LogP contribution in [-0.4, -0.2) is 30.5 Å². The summed E-state index contributed by atoms with van der Waals surface area (Å²) in [6.07, 6.45) is 1.43. The molecule has 2 N–H and O–H groups in total. The van der Waals surface area contributed by atoms with E-state index in [-0.39, 0.29) is 12.1 Å². The lowest BCUT2D eigenvalue weighted by Gasteiger charge is -2.06. The van der Waals surface area contributed by atoms with Crippen LogP contribution in [0.15, 0.2) is 84.0 Å². The maximum atomic E-state index is 12.0. The van der Waals surface area contributed by atoms with Gasteiger partial charge >= 0.3 is 5.97 Å². The molecule has 0 unspecified atom stereocenters. The number of rotatable bonds is 7. The smallest absolute Gasteiger partial charge is 0.343 e. The first kappa shape index (κ1) is 21.7. The molecule has 0 atom stereocenters. The van der Waals surface area contributed by atoms with Crippen LogP contribution >= 0.6 is 11.6 Å². The van der Waals surface area contributed by atoms with Crippen molar-refractivity contribution in [2.75, 3.05) is 6.54 Å². The topological polar surface area (TPSA) is 96.9 Å². The highest BCUT2D eigenvalue weighted by atomic mass is 35.5. The number of hydrogen-bond acceptors (Lipinski definition) is 5. The number of hydrogen-bond donors (Lipinski definition) is 2. The first-order valence-corrected chi connectivity index (χ1v) is 9.62. The molecule has 8 heteroatoms. The summed E-state index contributed by atoms with van der Waals surface area (Å²) in [5.41, 5.74) is 3.74. The zero-order valence-corrected chi connectivity index (χ0v) is 17.0. The number of esters is 1. The van der Waals surface area contributed by atoms with Crippen LogP contribution in [-0.2, 0) is 4.79 Å². The van der Waals surface area contributed by atoms with E-state index in [1.807, 2.05) is 6.07 Å². The third-order valence-corrected chi connectivity index (χ3v) is 4.36. The quantitative estimate of drug-likeness (QED) is 0.257. The van der Waals surface area contributed by atoms with E-state index in [1.165, 1.54) is 6.21 Å². The molecule has 3 aromatic carbocycles. The highest BCUT2D eigenvalue weighted by Gasteiger charge is 2.10. The number of carbonyl (C=O) groups is 3. The minimum absolute atomic E-state index is 0.254. The van der Waals surface area contributed by atoms with Crippen molar-refractivity contribution in [3.8, 4) is 5.75 Å². The van der Waals surface area contributed by atoms with Crippen LogP contribution in [0.5, 0.6) is 5.75 Å². The normalized spacial score (nSPS) is 10.5. The van der Waals surface area contributed by atoms with Crippen molar-refractivity contribution in [2.45, 2.75) is 0 Å². The Morgan fingerprint density at radius 3 is 2.29 bits per heavy atom. The second-order valence-electron chi connectivity index (χ2n) is 6.28. The van der Waals surface area contributed by atoms with Gasteiger partial charge in [-0.3, -0.25) is 9.59 Å². The molecule has 0 aromatic heterocycles. The summed E-state index contributed by atoms with van der Waals surface area (Å²) in [6, 6.07) is 21.8. The molecule has 7 nitrogen and oxygen atoms in total. The van der Waals surface area contributed by atoms with Gasteiger partial charge in [0.2, 0.25) is 0 Å². The van der Waals surface area contributed by atoms with Gasteiger partial charge in [-0.25, -0.2) is 10.2 Å². The molecule has 0 aliphatic heterocycles. The van der Waals surface area contributed by atoms with Gasteiger partial charge in [-0.2, -0.15) is 5.10 Å². The molecule has 0 fully saturated rings. The van der Waals surface area contributed by atoms with Gasteiger partial charge in [-0.1, -0.05) is 41.9 Å². The van der Waals surface area contributed by atoms with E-state index in [1.54, 1.807) is 72.8 Å². The summed E-state index contributed by atoms with van der Waals surface area (Å²) < 4.78 is 5.29. The van der Waals surface area contributed by atoms with Crippen molar-refractivity contribution in [2.24, 2.45) is 5.10 Å². The zero-order valence-electron chi connectivity index (χ0n) is 16.2. The van der Waals surface area contributed by atoms with Gasteiger partial charge in [0.05, 0.1) is 28.9 Å². The molecule has 0 aliphatic carbocycles. The molecular formula is C23H18ClN3O4. The molecule has 0 spiro atoms. The standard InChI is InChI=1S/C23H18ClN3O4/c24-20-9-5-4-8-19(20)22(29)25-15-21(28)27-26-14-16-10-12-18(13-11-16)31-23(30)17-6-2-1-3-7-17/h1-14H,15H2,(H,25,29)(H,27,28)/b26-14-. The fourth-order valence-corrected chi connectivity index (χ4v) is 2.70. The van der Waals surface area contributed by atoms with Crippen molar-refractivity contribution < 1.29 is 19.1 Å². The van der Waals surface area contributed by atoms with Crippen molar-refractivity contribution >= 4 is 35.6 Å². The Morgan fingerprint density at radius 2 is 1.58 bits per heavy atom. The summed E-state index contributed by atoms with van der Waals surface area (Å²) in [5, 5.41) is 6.61. The average Bonchev–Trinajstić information content (AvgIpc) is 2.79. The van der Waals surface area contributed by atoms with Crippen LogP contribution in [0.4, 0.5) is 0 Å². The van der Waals surface area contributed by atoms with E-state index >= 15 is 0 Å². The maximum absolute atomic E-state index is 12.0. The largest absolute Gasteiger partial charge is 0.423 e. The average molecular weight is 436 g/mol. The van der Waals surface area contributed by atoms with Crippen molar-refractivity contribution in [3.05, 3.63) is 101 Å². The fourth-order valence-electron chi connectivity index (χ4n) is 2.48. The first-order chi connectivity index (χ1) is 15.0. The first-order valence-electron chi connectivity index (χ1n) is 9.25. The van der Waals surface area contributed by atoms with Crippen molar-refractivity contribution in [3.63, 3.8) is 0 Å². The van der Waals surface area contributed by atoms with E-state index in [0.29, 0.717) is 21.9 Å². The van der Waals surface area contributed by atoms with Crippen molar-refractivity contribution in [1.82, 2.24) is 10.7 Å². The highest BCUT2D eigenvalue weighted by Crippen LogP contribution is 2.15. The lowest BCUT2D eigenvalue weighted by molar-refractivity contribution is -0.120. The van der Waals surface area contributed by atoms with Gasteiger partial charge in [0.1, 0.15) is 5.75 Å². The predicted octanol–water partition coefficient (Wildman–Crippen LogP) is 3.44. The summed E-state index contributed by atoms with van der Waals surface area (Å²) in [5.74, 6) is -1.01. The van der Waals surface area contributed by atoms with E-state index < -0.39 is 17.8 Å². The molecular weight excluding hydrogens is 418 g/mol. The molecule has 0 saturated heterocycles.